The number of fused-ring (bicyclic) bond motifs is 1. The van der Waals surface area contributed by atoms with Crippen LogP contribution in [0.1, 0.15) is 41.7 Å². The van der Waals surface area contributed by atoms with Crippen molar-refractivity contribution in [2.45, 2.75) is 25.7 Å². The molecule has 1 saturated heterocycles. The monoisotopic (exact) mass is 416 g/mol. The lowest BCUT2D eigenvalue weighted by atomic mass is 9.94. The Morgan fingerprint density at radius 3 is 2.72 bits per heavy atom. The number of piperidine rings is 1. The summed E-state index contributed by atoms with van der Waals surface area (Å²) in [5.41, 5.74) is 2.29. The molecule has 154 valence electrons. The zero-order chi connectivity index (χ0) is 19.5. The Hall–Kier alpha value is -2.71. The number of benzene rings is 1. The van der Waals surface area contributed by atoms with E-state index in [-0.39, 0.29) is 18.3 Å². The number of anilines is 1. The molecule has 8 nitrogen and oxygen atoms in total. The van der Waals surface area contributed by atoms with Crippen LogP contribution >= 0.6 is 12.4 Å². The van der Waals surface area contributed by atoms with Crippen LogP contribution in [-0.4, -0.2) is 45.6 Å². The molecule has 3 aromatic rings. The number of ether oxygens (including phenoxy) is 1. The topological polar surface area (TPSA) is 94.0 Å². The van der Waals surface area contributed by atoms with Gasteiger partial charge in [0.05, 0.1) is 23.2 Å². The number of carbonyl (C=O) groups is 1. The van der Waals surface area contributed by atoms with Gasteiger partial charge in [0.1, 0.15) is 0 Å². The highest BCUT2D eigenvalue weighted by Crippen LogP contribution is 2.26. The summed E-state index contributed by atoms with van der Waals surface area (Å²) in [7, 11) is 1.82. The quantitative estimate of drug-likeness (QED) is 0.664. The van der Waals surface area contributed by atoms with Gasteiger partial charge in [-0.15, -0.1) is 17.5 Å². The highest BCUT2D eigenvalue weighted by Gasteiger charge is 2.18. The molecule has 0 aliphatic carbocycles. The van der Waals surface area contributed by atoms with Gasteiger partial charge in [0.15, 0.2) is 5.82 Å². The first kappa shape index (κ1) is 21.0. The van der Waals surface area contributed by atoms with E-state index >= 15 is 0 Å². The van der Waals surface area contributed by atoms with Crippen molar-refractivity contribution in [1.29, 1.82) is 0 Å². The third kappa shape index (κ3) is 4.49. The lowest BCUT2D eigenvalue weighted by Gasteiger charge is -2.21. The van der Waals surface area contributed by atoms with Gasteiger partial charge in [-0.2, -0.15) is 10.2 Å². The number of nitrogens with one attached hydrogen (secondary N) is 2. The SMILES string of the molecule is CCOc1c2cc(C(=O)Nc3ccc(C4CCNCC4)nn3)ccc2nn1C.Cl. The van der Waals surface area contributed by atoms with Crippen molar-refractivity contribution in [2.24, 2.45) is 7.05 Å². The van der Waals surface area contributed by atoms with Crippen molar-refractivity contribution in [3.63, 3.8) is 0 Å². The normalized spacial score (nSPS) is 14.4. The van der Waals surface area contributed by atoms with E-state index in [1.807, 2.05) is 32.2 Å². The van der Waals surface area contributed by atoms with Crippen molar-refractivity contribution >= 4 is 35.0 Å². The van der Waals surface area contributed by atoms with E-state index in [0.717, 1.165) is 42.5 Å². The molecule has 0 bridgehead atoms. The number of rotatable bonds is 5. The van der Waals surface area contributed by atoms with Crippen LogP contribution in [0.15, 0.2) is 30.3 Å². The standard InChI is InChI=1S/C20H24N6O2.ClH/c1-3-28-20-15-12-14(4-5-17(15)25-26(20)2)19(27)22-18-7-6-16(23-24-18)13-8-10-21-11-9-13;/h4-7,12-13,21H,3,8-11H2,1-2H3,(H,22,24,27);1H. The highest BCUT2D eigenvalue weighted by atomic mass is 35.5. The fourth-order valence-electron chi connectivity index (χ4n) is 3.56. The smallest absolute Gasteiger partial charge is 0.256 e. The average Bonchev–Trinajstić information content (AvgIpc) is 3.04. The Morgan fingerprint density at radius 2 is 2.03 bits per heavy atom. The molecule has 0 atom stereocenters. The lowest BCUT2D eigenvalue weighted by molar-refractivity contribution is 0.102. The molecule has 0 unspecified atom stereocenters. The average molecular weight is 417 g/mol. The summed E-state index contributed by atoms with van der Waals surface area (Å²) in [5.74, 6) is 1.29. The minimum Gasteiger partial charge on any atom is -0.478 e. The summed E-state index contributed by atoms with van der Waals surface area (Å²) in [6.07, 6.45) is 2.13. The molecule has 1 aliphatic rings. The van der Waals surface area contributed by atoms with Gasteiger partial charge >= 0.3 is 0 Å². The molecule has 1 aromatic carbocycles. The molecule has 2 N–H and O–H groups in total. The Morgan fingerprint density at radius 1 is 1.24 bits per heavy atom. The van der Waals surface area contributed by atoms with Crippen molar-refractivity contribution < 1.29 is 9.53 Å². The summed E-state index contributed by atoms with van der Waals surface area (Å²) in [5, 5.41) is 19.9. The van der Waals surface area contributed by atoms with Crippen LogP contribution in [0.4, 0.5) is 5.82 Å². The fourth-order valence-corrected chi connectivity index (χ4v) is 3.56. The largest absolute Gasteiger partial charge is 0.478 e. The highest BCUT2D eigenvalue weighted by molar-refractivity contribution is 6.06. The van der Waals surface area contributed by atoms with E-state index in [1.54, 1.807) is 16.8 Å². The molecular formula is C20H25ClN6O2. The second-order valence-electron chi connectivity index (χ2n) is 6.92. The molecule has 1 fully saturated rings. The number of aryl methyl sites for hydroxylation is 1. The van der Waals surface area contributed by atoms with E-state index < -0.39 is 0 Å². The van der Waals surface area contributed by atoms with Crippen LogP contribution in [0.25, 0.3) is 10.9 Å². The van der Waals surface area contributed by atoms with Gasteiger partial charge < -0.3 is 15.4 Å². The van der Waals surface area contributed by atoms with Crippen LogP contribution < -0.4 is 15.4 Å². The number of hydrogen-bond acceptors (Lipinski definition) is 6. The maximum absolute atomic E-state index is 12.7. The number of nitrogens with zero attached hydrogens (tertiary/aromatic N) is 4. The van der Waals surface area contributed by atoms with E-state index in [9.17, 15) is 4.79 Å². The van der Waals surface area contributed by atoms with Crippen LogP contribution in [0.5, 0.6) is 5.88 Å². The maximum atomic E-state index is 12.7. The maximum Gasteiger partial charge on any atom is 0.256 e. The molecule has 0 saturated carbocycles. The third-order valence-corrected chi connectivity index (χ3v) is 5.01. The molecule has 4 rings (SSSR count). The molecular weight excluding hydrogens is 392 g/mol. The van der Waals surface area contributed by atoms with Crippen LogP contribution in [-0.2, 0) is 7.05 Å². The lowest BCUT2D eigenvalue weighted by Crippen LogP contribution is -2.27. The molecule has 3 heterocycles. The van der Waals surface area contributed by atoms with Crippen molar-refractivity contribution in [1.82, 2.24) is 25.3 Å². The zero-order valence-corrected chi connectivity index (χ0v) is 17.3. The van der Waals surface area contributed by atoms with Crippen molar-refractivity contribution in [3.8, 4) is 5.88 Å². The summed E-state index contributed by atoms with van der Waals surface area (Å²) in [6, 6.07) is 9.13. The Kier molecular flexibility index (Phi) is 6.66. The van der Waals surface area contributed by atoms with E-state index in [1.165, 1.54) is 0 Å². The predicted octanol–water partition coefficient (Wildman–Crippen LogP) is 2.90. The second-order valence-corrected chi connectivity index (χ2v) is 6.92. The Labute approximate surface area is 175 Å². The van der Waals surface area contributed by atoms with E-state index in [4.69, 9.17) is 4.74 Å². The summed E-state index contributed by atoms with van der Waals surface area (Å²) in [4.78, 5) is 12.7. The van der Waals surface area contributed by atoms with Crippen molar-refractivity contribution in [2.75, 3.05) is 25.0 Å². The first-order chi connectivity index (χ1) is 13.7. The number of hydrogen-bond donors (Lipinski definition) is 2. The number of halogens is 1. The third-order valence-electron chi connectivity index (χ3n) is 5.01. The zero-order valence-electron chi connectivity index (χ0n) is 16.5. The van der Waals surface area contributed by atoms with E-state index in [2.05, 4.69) is 25.9 Å². The van der Waals surface area contributed by atoms with Gasteiger partial charge in [0, 0.05) is 18.5 Å². The fraction of sp³-hybridized carbons (Fsp3) is 0.400. The van der Waals surface area contributed by atoms with Gasteiger partial charge in [0.2, 0.25) is 5.88 Å². The van der Waals surface area contributed by atoms with E-state index in [0.29, 0.717) is 29.8 Å². The summed E-state index contributed by atoms with van der Waals surface area (Å²) < 4.78 is 7.34. The molecule has 1 aliphatic heterocycles. The van der Waals surface area contributed by atoms with Gasteiger partial charge in [-0.1, -0.05) is 0 Å². The molecule has 1 amide bonds. The minimum absolute atomic E-state index is 0. The van der Waals surface area contributed by atoms with Gasteiger partial charge in [-0.3, -0.25) is 4.79 Å². The Balaban J connectivity index is 0.00000240. The summed E-state index contributed by atoms with van der Waals surface area (Å²) >= 11 is 0. The molecule has 2 aromatic heterocycles. The number of carbonyl (C=O) groups excluding carboxylic acids is 1. The molecule has 0 radical (unpaired) electrons. The number of amides is 1. The first-order valence-corrected chi connectivity index (χ1v) is 9.61. The van der Waals surface area contributed by atoms with Gasteiger partial charge in [0.25, 0.3) is 5.91 Å². The molecule has 9 heteroatoms. The van der Waals surface area contributed by atoms with Gasteiger partial charge in [-0.05, 0) is 63.2 Å². The predicted molar refractivity (Wildman–Crippen MR) is 114 cm³/mol. The molecule has 29 heavy (non-hydrogen) atoms. The Bertz CT molecular complexity index is 983. The first-order valence-electron chi connectivity index (χ1n) is 9.61. The second kappa shape index (κ2) is 9.19. The van der Waals surface area contributed by atoms with Crippen molar-refractivity contribution in [3.05, 3.63) is 41.6 Å². The number of aromatic nitrogens is 4. The van der Waals surface area contributed by atoms with Gasteiger partial charge in [-0.25, -0.2) is 4.68 Å². The van der Waals surface area contributed by atoms with Crippen LogP contribution in [0.3, 0.4) is 0 Å². The molecule has 0 spiro atoms. The van der Waals surface area contributed by atoms with Crippen LogP contribution in [0, 0.1) is 0 Å². The minimum atomic E-state index is -0.239. The summed E-state index contributed by atoms with van der Waals surface area (Å²) in [6.45, 7) is 4.46. The van der Waals surface area contributed by atoms with Crippen LogP contribution in [0.2, 0.25) is 0 Å².